The molecule has 0 saturated heterocycles. The summed E-state index contributed by atoms with van der Waals surface area (Å²) in [6.07, 6.45) is -4.69. The molecule has 150 valence electrons. The van der Waals surface area contributed by atoms with Gasteiger partial charge in [0.1, 0.15) is 5.58 Å². The maximum Gasteiger partial charge on any atom is 0.417 e. The highest BCUT2D eigenvalue weighted by Crippen LogP contribution is 2.35. The summed E-state index contributed by atoms with van der Waals surface area (Å²) < 4.78 is 55.1. The van der Waals surface area contributed by atoms with Crippen LogP contribution in [0.3, 0.4) is 0 Å². The zero-order valence-electron chi connectivity index (χ0n) is 14.6. The SMILES string of the molecule is O=c1cc(C(F)(F)F)c2cc(NC(=S)NCc3ccc4c(c3)OCO4)ccc2o1. The monoisotopic (exact) mass is 422 g/mol. The van der Waals surface area contributed by atoms with Crippen LogP contribution in [0.4, 0.5) is 18.9 Å². The van der Waals surface area contributed by atoms with E-state index >= 15 is 0 Å². The molecule has 3 aromatic rings. The van der Waals surface area contributed by atoms with Crippen LogP contribution in [0.5, 0.6) is 11.5 Å². The molecule has 6 nitrogen and oxygen atoms in total. The van der Waals surface area contributed by atoms with Crippen LogP contribution in [-0.4, -0.2) is 11.9 Å². The maximum atomic E-state index is 13.2. The molecule has 1 aromatic heterocycles. The van der Waals surface area contributed by atoms with Gasteiger partial charge in [0, 0.05) is 23.7 Å². The zero-order valence-corrected chi connectivity index (χ0v) is 15.4. The van der Waals surface area contributed by atoms with E-state index in [0.717, 1.165) is 5.56 Å². The quantitative estimate of drug-likeness (QED) is 0.488. The molecule has 29 heavy (non-hydrogen) atoms. The molecule has 1 aliphatic rings. The van der Waals surface area contributed by atoms with E-state index in [0.29, 0.717) is 29.8 Å². The molecular formula is C19H13F3N2O4S. The summed E-state index contributed by atoms with van der Waals surface area (Å²) in [5.41, 5.74) is -1.08. The lowest BCUT2D eigenvalue weighted by molar-refractivity contribution is -0.136. The third-order valence-electron chi connectivity index (χ3n) is 4.20. The number of nitrogens with one attached hydrogen (secondary N) is 2. The molecule has 1 aliphatic heterocycles. The van der Waals surface area contributed by atoms with Gasteiger partial charge in [0.05, 0.1) is 5.56 Å². The lowest BCUT2D eigenvalue weighted by atomic mass is 10.1. The van der Waals surface area contributed by atoms with Crippen molar-refractivity contribution in [2.75, 3.05) is 12.1 Å². The molecule has 2 heterocycles. The van der Waals surface area contributed by atoms with Crippen LogP contribution in [-0.2, 0) is 12.7 Å². The second kappa shape index (κ2) is 7.28. The van der Waals surface area contributed by atoms with Gasteiger partial charge in [-0.25, -0.2) is 4.79 Å². The first-order valence-corrected chi connectivity index (χ1v) is 8.79. The molecule has 0 unspecified atom stereocenters. The molecule has 2 aromatic carbocycles. The van der Waals surface area contributed by atoms with Gasteiger partial charge >= 0.3 is 11.8 Å². The van der Waals surface area contributed by atoms with Crippen LogP contribution in [0, 0.1) is 0 Å². The van der Waals surface area contributed by atoms with Crippen LogP contribution in [0.25, 0.3) is 11.0 Å². The summed E-state index contributed by atoms with van der Waals surface area (Å²) in [6.45, 7) is 0.549. The molecule has 0 aliphatic carbocycles. The standard InChI is InChI=1S/C19H13F3N2O4S/c20-19(21,22)13-7-17(25)28-14-4-2-11(6-12(13)14)24-18(29)23-8-10-1-3-15-16(5-10)27-9-26-15/h1-7H,8-9H2,(H2,23,24,29). The number of rotatable bonds is 3. The van der Waals surface area contributed by atoms with Gasteiger partial charge in [-0.05, 0) is 48.1 Å². The van der Waals surface area contributed by atoms with Crippen LogP contribution < -0.4 is 25.7 Å². The topological polar surface area (TPSA) is 72.7 Å². The Morgan fingerprint density at radius 1 is 1.07 bits per heavy atom. The lowest BCUT2D eigenvalue weighted by Crippen LogP contribution is -2.27. The summed E-state index contributed by atoms with van der Waals surface area (Å²) >= 11 is 5.21. The molecule has 4 rings (SSSR count). The average molecular weight is 422 g/mol. The van der Waals surface area contributed by atoms with Crippen molar-refractivity contribution in [1.29, 1.82) is 0 Å². The van der Waals surface area contributed by atoms with Crippen molar-refractivity contribution in [1.82, 2.24) is 5.32 Å². The zero-order chi connectivity index (χ0) is 20.6. The van der Waals surface area contributed by atoms with Crippen LogP contribution in [0.2, 0.25) is 0 Å². The highest BCUT2D eigenvalue weighted by molar-refractivity contribution is 7.80. The maximum absolute atomic E-state index is 13.2. The smallest absolute Gasteiger partial charge is 0.417 e. The number of hydrogen-bond donors (Lipinski definition) is 2. The van der Waals surface area contributed by atoms with E-state index in [-0.39, 0.29) is 22.9 Å². The molecular weight excluding hydrogens is 409 g/mol. The van der Waals surface area contributed by atoms with Gasteiger partial charge in [0.25, 0.3) is 0 Å². The van der Waals surface area contributed by atoms with E-state index in [1.807, 2.05) is 12.1 Å². The fraction of sp³-hybridized carbons (Fsp3) is 0.158. The second-order valence-corrected chi connectivity index (χ2v) is 6.59. The minimum absolute atomic E-state index is 0.158. The number of alkyl halides is 3. The third kappa shape index (κ3) is 4.11. The highest BCUT2D eigenvalue weighted by Gasteiger charge is 2.33. The summed E-state index contributed by atoms with van der Waals surface area (Å²) in [5.74, 6) is 1.30. The fourth-order valence-electron chi connectivity index (χ4n) is 2.88. The number of halogens is 3. The van der Waals surface area contributed by atoms with E-state index in [4.69, 9.17) is 26.1 Å². The Balaban J connectivity index is 1.49. The largest absolute Gasteiger partial charge is 0.454 e. The number of benzene rings is 2. The van der Waals surface area contributed by atoms with Gasteiger partial charge in [0.15, 0.2) is 16.6 Å². The Kier molecular flexibility index (Phi) is 4.79. The lowest BCUT2D eigenvalue weighted by Gasteiger charge is -2.13. The molecule has 0 radical (unpaired) electrons. The van der Waals surface area contributed by atoms with Crippen molar-refractivity contribution in [3.05, 3.63) is 64.0 Å². The van der Waals surface area contributed by atoms with Gasteiger partial charge in [-0.15, -0.1) is 0 Å². The Morgan fingerprint density at radius 2 is 1.86 bits per heavy atom. The van der Waals surface area contributed by atoms with Crippen LogP contribution >= 0.6 is 12.2 Å². The van der Waals surface area contributed by atoms with E-state index in [2.05, 4.69) is 10.6 Å². The second-order valence-electron chi connectivity index (χ2n) is 6.18. The molecule has 0 fully saturated rings. The number of anilines is 1. The van der Waals surface area contributed by atoms with Crippen molar-refractivity contribution in [3.8, 4) is 11.5 Å². The fourth-order valence-corrected chi connectivity index (χ4v) is 3.07. The molecule has 0 saturated carbocycles. The first kappa shape index (κ1) is 19.1. The van der Waals surface area contributed by atoms with Crippen LogP contribution in [0.15, 0.2) is 51.7 Å². The first-order valence-electron chi connectivity index (χ1n) is 8.38. The first-order chi connectivity index (χ1) is 13.8. The third-order valence-corrected chi connectivity index (χ3v) is 4.44. The Bertz CT molecular complexity index is 1160. The summed E-state index contributed by atoms with van der Waals surface area (Å²) in [7, 11) is 0. The number of hydrogen-bond acceptors (Lipinski definition) is 5. The molecule has 0 amide bonds. The average Bonchev–Trinajstić information content (AvgIpc) is 3.13. The molecule has 10 heteroatoms. The minimum Gasteiger partial charge on any atom is -0.454 e. The normalized spacial score (nSPS) is 12.8. The van der Waals surface area contributed by atoms with E-state index < -0.39 is 17.4 Å². The predicted octanol–water partition coefficient (Wildman–Crippen LogP) is 4.03. The Morgan fingerprint density at radius 3 is 2.66 bits per heavy atom. The summed E-state index contributed by atoms with van der Waals surface area (Å²) in [4.78, 5) is 11.4. The van der Waals surface area contributed by atoms with Gasteiger partial charge < -0.3 is 24.5 Å². The predicted molar refractivity (Wildman–Crippen MR) is 103 cm³/mol. The molecule has 0 atom stereocenters. The van der Waals surface area contributed by atoms with Gasteiger partial charge in [-0.1, -0.05) is 6.07 Å². The number of fused-ring (bicyclic) bond motifs is 2. The van der Waals surface area contributed by atoms with Gasteiger partial charge in [0.2, 0.25) is 6.79 Å². The van der Waals surface area contributed by atoms with E-state index in [1.54, 1.807) is 6.07 Å². The van der Waals surface area contributed by atoms with Crippen molar-refractivity contribution < 1.29 is 27.1 Å². The van der Waals surface area contributed by atoms with Crippen LogP contribution in [0.1, 0.15) is 11.1 Å². The molecule has 2 N–H and O–H groups in total. The van der Waals surface area contributed by atoms with E-state index in [1.165, 1.54) is 18.2 Å². The molecule has 0 bridgehead atoms. The summed E-state index contributed by atoms with van der Waals surface area (Å²) in [6, 6.07) is 9.86. The van der Waals surface area contributed by atoms with Crippen molar-refractivity contribution >= 4 is 34.0 Å². The molecule has 0 spiro atoms. The van der Waals surface area contributed by atoms with Gasteiger partial charge in [-0.2, -0.15) is 13.2 Å². The van der Waals surface area contributed by atoms with Crippen molar-refractivity contribution in [3.63, 3.8) is 0 Å². The minimum atomic E-state index is -4.69. The van der Waals surface area contributed by atoms with Gasteiger partial charge in [-0.3, -0.25) is 0 Å². The van der Waals surface area contributed by atoms with Crippen molar-refractivity contribution in [2.45, 2.75) is 12.7 Å². The summed E-state index contributed by atoms with van der Waals surface area (Å²) in [5, 5.41) is 5.78. The Labute approximate surface area is 167 Å². The van der Waals surface area contributed by atoms with Crippen molar-refractivity contribution in [2.24, 2.45) is 0 Å². The van der Waals surface area contributed by atoms with E-state index in [9.17, 15) is 18.0 Å². The highest BCUT2D eigenvalue weighted by atomic mass is 32.1. The number of ether oxygens (including phenoxy) is 2. The number of thiocarbonyl (C=S) groups is 1. The Hall–Kier alpha value is -3.27.